The number of aliphatic hydroxyl groups excluding tert-OH is 1. The number of amides is 2. The average molecular weight is 636 g/mol. The van der Waals surface area contributed by atoms with Crippen molar-refractivity contribution in [2.75, 3.05) is 16.4 Å². The smallest absolute Gasteiger partial charge is 0.323 e. The lowest BCUT2D eigenvalue weighted by atomic mass is 10.0. The number of benzene rings is 4. The van der Waals surface area contributed by atoms with Crippen molar-refractivity contribution in [3.8, 4) is 11.5 Å². The fraction of sp³-hybridized carbons (Fsp3) is 0.167. The molecule has 2 amide bonds. The van der Waals surface area contributed by atoms with Crippen molar-refractivity contribution in [3.05, 3.63) is 149 Å². The molecule has 9 nitrogen and oxygen atoms in total. The number of hydrogen-bond donors (Lipinski definition) is 3. The van der Waals surface area contributed by atoms with E-state index < -0.39 is 6.29 Å². The summed E-state index contributed by atoms with van der Waals surface area (Å²) in [5, 5.41) is 27.9. The molecule has 1 aliphatic heterocycles. The summed E-state index contributed by atoms with van der Waals surface area (Å²) in [6.45, 7) is -0.0303. The number of aliphatic hydroxyl groups is 1. The van der Waals surface area contributed by atoms with E-state index in [-0.39, 0.29) is 24.8 Å². The Kier molecular flexibility index (Phi) is 10.1. The number of thioether (sulfide) groups is 1. The van der Waals surface area contributed by atoms with Crippen molar-refractivity contribution in [1.29, 1.82) is 0 Å². The van der Waals surface area contributed by atoms with E-state index in [9.17, 15) is 15.1 Å². The largest absolute Gasteiger partial charge is 0.618 e. The number of nitrogens with one attached hydrogen (secondary N) is 2. The summed E-state index contributed by atoms with van der Waals surface area (Å²) in [4.78, 5) is 12.7. The summed E-state index contributed by atoms with van der Waals surface area (Å²) in [5.41, 5.74) is 3.83. The molecule has 2 heterocycles. The fourth-order valence-electron chi connectivity index (χ4n) is 4.97. The molecule has 0 radical (unpaired) electrons. The van der Waals surface area contributed by atoms with Crippen LogP contribution < -0.4 is 20.1 Å². The standard InChI is InChI=1S/C36H33N3O6S/c40-23-25-9-11-26(12-10-25)33-22-32(24-46-34-8-4-5-21-39(34)42)44-35(45-33)27-13-15-28(16-14-27)37-36(41)38-29-17-19-31(20-18-29)43-30-6-2-1-3-7-30/h1-21,32-33,35,40H,22-24H2,(H2,37,38,41)/t32-,33+,35+/m1/s1. The van der Waals surface area contributed by atoms with E-state index in [1.165, 1.54) is 18.0 Å². The molecule has 6 rings (SSSR count). The van der Waals surface area contributed by atoms with E-state index in [1.807, 2.05) is 72.8 Å². The topological polar surface area (TPSA) is 116 Å². The first-order valence-electron chi connectivity index (χ1n) is 14.8. The van der Waals surface area contributed by atoms with Gasteiger partial charge in [-0.25, -0.2) is 4.79 Å². The number of anilines is 2. The van der Waals surface area contributed by atoms with Gasteiger partial charge >= 0.3 is 6.03 Å². The predicted molar refractivity (Wildman–Crippen MR) is 177 cm³/mol. The third-order valence-electron chi connectivity index (χ3n) is 7.35. The molecule has 5 aromatic rings. The van der Waals surface area contributed by atoms with E-state index in [0.717, 1.165) is 27.2 Å². The second kappa shape index (κ2) is 14.9. The highest BCUT2D eigenvalue weighted by atomic mass is 32.2. The van der Waals surface area contributed by atoms with E-state index >= 15 is 0 Å². The molecular weight excluding hydrogens is 602 g/mol. The zero-order chi connectivity index (χ0) is 31.7. The van der Waals surface area contributed by atoms with Gasteiger partial charge in [0.2, 0.25) is 0 Å². The minimum absolute atomic E-state index is 0.0303. The maximum Gasteiger partial charge on any atom is 0.323 e. The molecule has 1 saturated heterocycles. The minimum Gasteiger partial charge on any atom is -0.618 e. The molecule has 3 N–H and O–H groups in total. The highest BCUT2D eigenvalue weighted by Crippen LogP contribution is 2.39. The van der Waals surface area contributed by atoms with Gasteiger partial charge in [-0.15, -0.1) is 0 Å². The molecule has 3 atom stereocenters. The Labute approximate surface area is 271 Å². The van der Waals surface area contributed by atoms with E-state index in [0.29, 0.717) is 34.3 Å². The number of urea groups is 1. The Morgan fingerprint density at radius 1 is 0.804 bits per heavy atom. The Morgan fingerprint density at radius 2 is 1.43 bits per heavy atom. The highest BCUT2D eigenvalue weighted by Gasteiger charge is 2.32. The maximum absolute atomic E-state index is 12.7. The lowest BCUT2D eigenvalue weighted by Gasteiger charge is -2.36. The SMILES string of the molecule is O=C(Nc1ccc(Oc2ccccc2)cc1)Nc1ccc([C@H]2O[C@@H](CSc3cccc[n+]3[O-])C[C@@H](c3ccc(CO)cc3)O2)cc1. The van der Waals surface area contributed by atoms with E-state index in [2.05, 4.69) is 10.6 Å². The number of pyridine rings is 1. The third kappa shape index (κ3) is 8.23. The first-order chi connectivity index (χ1) is 22.5. The number of hydrogen-bond acceptors (Lipinski definition) is 7. The normalized spacial score (nSPS) is 17.6. The van der Waals surface area contributed by atoms with Gasteiger partial charge in [0.15, 0.2) is 12.5 Å². The van der Waals surface area contributed by atoms with Crippen molar-refractivity contribution in [1.82, 2.24) is 0 Å². The average Bonchev–Trinajstić information content (AvgIpc) is 3.09. The van der Waals surface area contributed by atoms with Gasteiger partial charge in [0.1, 0.15) is 11.5 Å². The van der Waals surface area contributed by atoms with Crippen LogP contribution in [0, 0.1) is 5.21 Å². The van der Waals surface area contributed by atoms with Crippen LogP contribution in [0.4, 0.5) is 16.2 Å². The van der Waals surface area contributed by atoms with Gasteiger partial charge in [0.25, 0.3) is 5.03 Å². The number of ether oxygens (including phenoxy) is 3. The predicted octanol–water partition coefficient (Wildman–Crippen LogP) is 7.59. The third-order valence-corrected chi connectivity index (χ3v) is 8.50. The Bertz CT molecular complexity index is 1720. The minimum atomic E-state index is -0.656. The molecule has 46 heavy (non-hydrogen) atoms. The van der Waals surface area contributed by atoms with Gasteiger partial charge < -0.3 is 35.2 Å². The van der Waals surface area contributed by atoms with Gasteiger partial charge in [0.05, 0.1) is 18.8 Å². The van der Waals surface area contributed by atoms with Crippen LogP contribution in [0.15, 0.2) is 133 Å². The van der Waals surface area contributed by atoms with Crippen LogP contribution in [0.1, 0.15) is 35.5 Å². The van der Waals surface area contributed by atoms with Crippen LogP contribution in [0.2, 0.25) is 0 Å². The molecule has 0 saturated carbocycles. The van der Waals surface area contributed by atoms with Gasteiger partial charge in [-0.2, -0.15) is 4.73 Å². The van der Waals surface area contributed by atoms with Crippen LogP contribution in [0.5, 0.6) is 11.5 Å². The summed E-state index contributed by atoms with van der Waals surface area (Å²) in [6.07, 6.45) is 0.985. The fourth-order valence-corrected chi connectivity index (χ4v) is 5.91. The van der Waals surface area contributed by atoms with Gasteiger partial charge in [0, 0.05) is 41.2 Å². The molecule has 0 aliphatic carbocycles. The van der Waals surface area contributed by atoms with Crippen LogP contribution in [0.25, 0.3) is 0 Å². The van der Waals surface area contributed by atoms with Crippen molar-refractivity contribution in [3.63, 3.8) is 0 Å². The summed E-state index contributed by atoms with van der Waals surface area (Å²) < 4.78 is 19.4. The monoisotopic (exact) mass is 635 g/mol. The van der Waals surface area contributed by atoms with Gasteiger partial charge in [-0.3, -0.25) is 0 Å². The van der Waals surface area contributed by atoms with Crippen LogP contribution in [-0.2, 0) is 16.1 Å². The highest BCUT2D eigenvalue weighted by molar-refractivity contribution is 7.99. The van der Waals surface area contributed by atoms with Gasteiger partial charge in [-0.05, 0) is 65.7 Å². The number of para-hydroxylation sites is 1. The molecule has 0 bridgehead atoms. The van der Waals surface area contributed by atoms with E-state index in [1.54, 1.807) is 48.5 Å². The number of carbonyl (C=O) groups excluding carboxylic acids is 1. The summed E-state index contributed by atoms with van der Waals surface area (Å²) in [5.74, 6) is 1.97. The quantitative estimate of drug-likeness (QED) is 0.0823. The molecule has 0 spiro atoms. The molecular formula is C36H33N3O6S. The number of aromatic nitrogens is 1. The van der Waals surface area contributed by atoms with Crippen molar-refractivity contribution >= 4 is 29.2 Å². The lowest BCUT2D eigenvalue weighted by Crippen LogP contribution is -2.32. The van der Waals surface area contributed by atoms with E-state index in [4.69, 9.17) is 14.2 Å². The lowest BCUT2D eigenvalue weighted by molar-refractivity contribution is -0.645. The summed E-state index contributed by atoms with van der Waals surface area (Å²) >= 11 is 1.44. The van der Waals surface area contributed by atoms with Crippen LogP contribution in [0.3, 0.4) is 0 Å². The van der Waals surface area contributed by atoms with Crippen molar-refractivity contribution in [2.45, 2.75) is 36.6 Å². The molecule has 1 fully saturated rings. The van der Waals surface area contributed by atoms with Crippen LogP contribution in [-0.4, -0.2) is 23.0 Å². The first-order valence-corrected chi connectivity index (χ1v) is 15.8. The van der Waals surface area contributed by atoms with Crippen LogP contribution >= 0.6 is 11.8 Å². The Balaban J connectivity index is 1.09. The summed E-state index contributed by atoms with van der Waals surface area (Å²) in [7, 11) is 0. The zero-order valence-corrected chi connectivity index (χ0v) is 25.6. The Morgan fingerprint density at radius 3 is 2.11 bits per heavy atom. The Hall–Kier alpha value is -4.87. The number of carbonyl (C=O) groups is 1. The first kappa shape index (κ1) is 31.1. The molecule has 0 unspecified atom stereocenters. The van der Waals surface area contributed by atoms with Crippen molar-refractivity contribution < 1.29 is 28.8 Å². The van der Waals surface area contributed by atoms with Gasteiger partial charge in [-0.1, -0.05) is 66.4 Å². The molecule has 4 aromatic carbocycles. The maximum atomic E-state index is 12.7. The second-order valence-electron chi connectivity index (χ2n) is 10.7. The number of rotatable bonds is 10. The zero-order valence-electron chi connectivity index (χ0n) is 24.8. The van der Waals surface area contributed by atoms with Crippen molar-refractivity contribution in [2.24, 2.45) is 0 Å². The second-order valence-corrected chi connectivity index (χ2v) is 11.7. The molecule has 1 aromatic heterocycles. The molecule has 10 heteroatoms. The number of nitrogens with zero attached hydrogens (tertiary/aromatic N) is 1. The summed E-state index contributed by atoms with van der Waals surface area (Å²) in [6, 6.07) is 36.6. The molecule has 1 aliphatic rings. The molecule has 234 valence electrons.